The lowest BCUT2D eigenvalue weighted by atomic mass is 10.2. The summed E-state index contributed by atoms with van der Waals surface area (Å²) in [4.78, 5) is 0. The van der Waals surface area contributed by atoms with E-state index < -0.39 is 6.10 Å². The molecule has 2 aromatic heterocycles. The van der Waals surface area contributed by atoms with Crippen LogP contribution in [0.25, 0.3) is 5.69 Å². The van der Waals surface area contributed by atoms with E-state index in [9.17, 15) is 5.11 Å². The zero-order valence-corrected chi connectivity index (χ0v) is 11.3. The minimum Gasteiger partial charge on any atom is -0.480 e. The molecule has 3 rings (SSSR count). The molecule has 2 heterocycles. The molecule has 1 N–H and O–H groups in total. The number of aliphatic hydroxyl groups excluding tert-OH is 1. The molecule has 0 aliphatic rings. The lowest BCUT2D eigenvalue weighted by molar-refractivity contribution is 0.205. The van der Waals surface area contributed by atoms with Gasteiger partial charge in [-0.15, -0.1) is 15.3 Å². The molecule has 7 nitrogen and oxygen atoms in total. The third-order valence-electron chi connectivity index (χ3n) is 3.01. The SMILES string of the molecule is COc1ccc(C(O)c2cnnn2-c2ccccc2)nn1. The monoisotopic (exact) mass is 283 g/mol. The Balaban J connectivity index is 1.95. The summed E-state index contributed by atoms with van der Waals surface area (Å²) >= 11 is 0. The average molecular weight is 283 g/mol. The molecule has 21 heavy (non-hydrogen) atoms. The second-order valence-corrected chi connectivity index (χ2v) is 4.31. The summed E-state index contributed by atoms with van der Waals surface area (Å²) in [6.07, 6.45) is 0.530. The number of ether oxygens (including phenoxy) is 1. The van der Waals surface area contributed by atoms with E-state index in [-0.39, 0.29) is 0 Å². The Labute approximate surface area is 120 Å². The highest BCUT2D eigenvalue weighted by Crippen LogP contribution is 2.22. The van der Waals surface area contributed by atoms with Gasteiger partial charge in [-0.05, 0) is 18.2 Å². The molecule has 1 aromatic carbocycles. The van der Waals surface area contributed by atoms with Gasteiger partial charge in [-0.3, -0.25) is 0 Å². The minimum absolute atomic E-state index is 0.389. The number of aliphatic hydroxyl groups is 1. The fourth-order valence-electron chi connectivity index (χ4n) is 1.94. The molecule has 0 amide bonds. The third-order valence-corrected chi connectivity index (χ3v) is 3.01. The number of hydrogen-bond acceptors (Lipinski definition) is 6. The normalized spacial score (nSPS) is 12.1. The van der Waals surface area contributed by atoms with Crippen molar-refractivity contribution in [1.29, 1.82) is 0 Å². The highest BCUT2D eigenvalue weighted by Gasteiger charge is 2.19. The molecule has 0 fully saturated rings. The number of hydrogen-bond donors (Lipinski definition) is 1. The summed E-state index contributed by atoms with van der Waals surface area (Å²) in [5, 5.41) is 26.1. The van der Waals surface area contributed by atoms with Crippen molar-refractivity contribution in [3.8, 4) is 11.6 Å². The molecule has 7 heteroatoms. The average Bonchev–Trinajstić information content (AvgIpc) is 3.04. The molecule has 0 saturated carbocycles. The van der Waals surface area contributed by atoms with E-state index in [2.05, 4.69) is 20.5 Å². The molecule has 0 aliphatic heterocycles. The van der Waals surface area contributed by atoms with Crippen LogP contribution in [0.3, 0.4) is 0 Å². The molecular formula is C14H13N5O2. The van der Waals surface area contributed by atoms with Crippen LogP contribution in [0.15, 0.2) is 48.7 Å². The lowest BCUT2D eigenvalue weighted by Gasteiger charge is -2.11. The Morgan fingerprint density at radius 2 is 1.90 bits per heavy atom. The first-order valence-electron chi connectivity index (χ1n) is 6.31. The first-order chi connectivity index (χ1) is 10.3. The van der Waals surface area contributed by atoms with Crippen molar-refractivity contribution in [3.63, 3.8) is 0 Å². The van der Waals surface area contributed by atoms with Gasteiger partial charge < -0.3 is 9.84 Å². The Kier molecular flexibility index (Phi) is 3.57. The van der Waals surface area contributed by atoms with Gasteiger partial charge in [0.05, 0.1) is 30.4 Å². The molecule has 106 valence electrons. The fraction of sp³-hybridized carbons (Fsp3) is 0.143. The summed E-state index contributed by atoms with van der Waals surface area (Å²) in [5.41, 5.74) is 1.72. The summed E-state index contributed by atoms with van der Waals surface area (Å²) in [7, 11) is 1.51. The topological polar surface area (TPSA) is 86.0 Å². The van der Waals surface area contributed by atoms with E-state index in [1.54, 1.807) is 16.8 Å². The van der Waals surface area contributed by atoms with Gasteiger partial charge in [-0.25, -0.2) is 4.68 Å². The number of aromatic nitrogens is 5. The van der Waals surface area contributed by atoms with E-state index in [0.29, 0.717) is 17.3 Å². The van der Waals surface area contributed by atoms with Crippen LogP contribution in [-0.4, -0.2) is 37.4 Å². The maximum absolute atomic E-state index is 10.4. The number of para-hydroxylation sites is 1. The highest BCUT2D eigenvalue weighted by molar-refractivity contribution is 5.33. The molecule has 1 unspecified atom stereocenters. The molecule has 0 saturated heterocycles. The minimum atomic E-state index is -0.974. The second kappa shape index (κ2) is 5.68. The van der Waals surface area contributed by atoms with Gasteiger partial charge in [-0.1, -0.05) is 23.4 Å². The molecule has 1 atom stereocenters. The van der Waals surface area contributed by atoms with Crippen molar-refractivity contribution in [2.24, 2.45) is 0 Å². The number of rotatable bonds is 4. The fourth-order valence-corrected chi connectivity index (χ4v) is 1.94. The standard InChI is InChI=1S/C14H13N5O2/c1-21-13-8-7-11(16-17-13)14(20)12-9-15-18-19(12)10-5-3-2-4-6-10/h2-9,14,20H,1H3. The highest BCUT2D eigenvalue weighted by atomic mass is 16.5. The van der Waals surface area contributed by atoms with Crippen molar-refractivity contribution >= 4 is 0 Å². The maximum Gasteiger partial charge on any atom is 0.233 e. The summed E-state index contributed by atoms with van der Waals surface area (Å²) in [6.45, 7) is 0. The molecule has 0 spiro atoms. The van der Waals surface area contributed by atoms with Crippen LogP contribution in [0.5, 0.6) is 5.88 Å². The van der Waals surface area contributed by atoms with Gasteiger partial charge in [0.2, 0.25) is 5.88 Å². The molecule has 0 bridgehead atoms. The van der Waals surface area contributed by atoms with Crippen LogP contribution in [0.1, 0.15) is 17.5 Å². The van der Waals surface area contributed by atoms with Crippen molar-refractivity contribution in [2.75, 3.05) is 7.11 Å². The van der Waals surface area contributed by atoms with Gasteiger partial charge in [0.15, 0.2) is 0 Å². The maximum atomic E-state index is 10.4. The van der Waals surface area contributed by atoms with Crippen molar-refractivity contribution in [2.45, 2.75) is 6.10 Å². The Bertz CT molecular complexity index is 712. The van der Waals surface area contributed by atoms with Gasteiger partial charge in [0, 0.05) is 6.07 Å². The van der Waals surface area contributed by atoms with Crippen LogP contribution < -0.4 is 4.74 Å². The van der Waals surface area contributed by atoms with E-state index in [1.807, 2.05) is 30.3 Å². The molecule has 0 aliphatic carbocycles. The summed E-state index contributed by atoms with van der Waals surface area (Å²) in [5.74, 6) is 0.389. The predicted octanol–water partition coefficient (Wildman–Crippen LogP) is 1.15. The van der Waals surface area contributed by atoms with Crippen LogP contribution in [0.4, 0.5) is 0 Å². The first kappa shape index (κ1) is 13.2. The first-order valence-corrected chi connectivity index (χ1v) is 6.31. The number of nitrogens with zero attached hydrogens (tertiary/aromatic N) is 5. The van der Waals surface area contributed by atoms with Gasteiger partial charge >= 0.3 is 0 Å². The van der Waals surface area contributed by atoms with Gasteiger partial charge in [0.1, 0.15) is 6.10 Å². The van der Waals surface area contributed by atoms with Gasteiger partial charge in [-0.2, -0.15) is 0 Å². The van der Waals surface area contributed by atoms with Crippen LogP contribution in [0.2, 0.25) is 0 Å². The predicted molar refractivity (Wildman–Crippen MR) is 74.0 cm³/mol. The van der Waals surface area contributed by atoms with Crippen molar-refractivity contribution < 1.29 is 9.84 Å². The Hall–Kier alpha value is -2.80. The van der Waals surface area contributed by atoms with Crippen LogP contribution in [0, 0.1) is 0 Å². The van der Waals surface area contributed by atoms with Crippen LogP contribution >= 0.6 is 0 Å². The second-order valence-electron chi connectivity index (χ2n) is 4.31. The van der Waals surface area contributed by atoms with E-state index in [1.165, 1.54) is 13.3 Å². The number of benzene rings is 1. The Morgan fingerprint density at radius 1 is 1.10 bits per heavy atom. The quantitative estimate of drug-likeness (QED) is 0.773. The summed E-state index contributed by atoms with van der Waals surface area (Å²) in [6, 6.07) is 12.7. The number of methoxy groups -OCH3 is 1. The molecule has 0 radical (unpaired) electrons. The molecular weight excluding hydrogens is 270 g/mol. The van der Waals surface area contributed by atoms with Gasteiger partial charge in [0.25, 0.3) is 0 Å². The van der Waals surface area contributed by atoms with E-state index >= 15 is 0 Å². The third kappa shape index (κ3) is 2.59. The van der Waals surface area contributed by atoms with Crippen LogP contribution in [-0.2, 0) is 0 Å². The van der Waals surface area contributed by atoms with Crippen molar-refractivity contribution in [1.82, 2.24) is 25.2 Å². The van der Waals surface area contributed by atoms with E-state index in [4.69, 9.17) is 4.74 Å². The largest absolute Gasteiger partial charge is 0.480 e. The molecule has 3 aromatic rings. The smallest absolute Gasteiger partial charge is 0.233 e. The van der Waals surface area contributed by atoms with E-state index in [0.717, 1.165) is 5.69 Å². The van der Waals surface area contributed by atoms with Crippen molar-refractivity contribution in [3.05, 3.63) is 60.0 Å². The lowest BCUT2D eigenvalue weighted by Crippen LogP contribution is -2.10. The zero-order valence-electron chi connectivity index (χ0n) is 11.3. The summed E-state index contributed by atoms with van der Waals surface area (Å²) < 4.78 is 6.51. The zero-order chi connectivity index (χ0) is 14.7. The Morgan fingerprint density at radius 3 is 2.57 bits per heavy atom.